The van der Waals surface area contributed by atoms with Crippen molar-refractivity contribution in [3.8, 4) is 0 Å². The van der Waals surface area contributed by atoms with Gasteiger partial charge < -0.3 is 14.9 Å². The summed E-state index contributed by atoms with van der Waals surface area (Å²) < 4.78 is 4.89. The third-order valence-electron chi connectivity index (χ3n) is 2.91. The molecule has 3 N–H and O–H groups in total. The average molecular weight is 231 g/mol. The molecule has 0 aliphatic carbocycles. The summed E-state index contributed by atoms with van der Waals surface area (Å²) in [6.45, 7) is 5.36. The first-order valence-electron chi connectivity index (χ1n) is 5.10. The summed E-state index contributed by atoms with van der Waals surface area (Å²) in [7, 11) is 0. The molecule has 1 fully saturated rings. The van der Waals surface area contributed by atoms with Crippen LogP contribution in [0.25, 0.3) is 0 Å². The monoisotopic (exact) mass is 231 g/mol. The summed E-state index contributed by atoms with van der Waals surface area (Å²) in [6, 6.07) is 0. The van der Waals surface area contributed by atoms with Crippen molar-refractivity contribution in [1.82, 2.24) is 5.32 Å². The Kier molecular flexibility index (Phi) is 3.25. The van der Waals surface area contributed by atoms with Crippen LogP contribution in [0.4, 0.5) is 0 Å². The van der Waals surface area contributed by atoms with Gasteiger partial charge in [-0.25, -0.2) is 9.59 Å². The molecule has 1 aliphatic rings. The Bertz CT molecular complexity index is 309. The summed E-state index contributed by atoms with van der Waals surface area (Å²) in [4.78, 5) is 21.5. The first kappa shape index (κ1) is 12.9. The topological polar surface area (TPSA) is 95.9 Å². The van der Waals surface area contributed by atoms with Crippen LogP contribution in [0.1, 0.15) is 27.2 Å². The van der Waals surface area contributed by atoms with Gasteiger partial charge >= 0.3 is 11.9 Å². The van der Waals surface area contributed by atoms with Gasteiger partial charge in [0.25, 0.3) is 0 Å². The lowest BCUT2D eigenvalue weighted by Gasteiger charge is -2.37. The van der Waals surface area contributed by atoms with Crippen LogP contribution in [0, 0.1) is 5.92 Å². The molecule has 0 unspecified atom stereocenters. The Morgan fingerprint density at radius 1 is 1.50 bits per heavy atom. The van der Waals surface area contributed by atoms with Crippen LogP contribution in [0.15, 0.2) is 0 Å². The van der Waals surface area contributed by atoms with Crippen LogP contribution < -0.4 is 5.32 Å². The third kappa shape index (κ3) is 2.51. The highest BCUT2D eigenvalue weighted by molar-refractivity contribution is 6.28. The number of hydrogen-bond donors (Lipinski definition) is 3. The zero-order valence-electron chi connectivity index (χ0n) is 9.61. The normalized spacial score (nSPS) is 30.1. The van der Waals surface area contributed by atoms with Gasteiger partial charge in [0.15, 0.2) is 5.72 Å². The molecule has 0 aromatic heterocycles. The molecule has 0 aromatic carbocycles. The second-order valence-corrected chi connectivity index (χ2v) is 4.72. The van der Waals surface area contributed by atoms with Crippen LogP contribution in [-0.2, 0) is 14.3 Å². The number of carboxylic acids is 1. The molecule has 6 heteroatoms. The van der Waals surface area contributed by atoms with E-state index in [-0.39, 0.29) is 5.92 Å². The van der Waals surface area contributed by atoms with Crippen molar-refractivity contribution in [2.75, 3.05) is 6.54 Å². The second kappa shape index (κ2) is 4.03. The molecule has 1 heterocycles. The van der Waals surface area contributed by atoms with Crippen molar-refractivity contribution in [3.05, 3.63) is 0 Å². The molecule has 0 amide bonds. The minimum Gasteiger partial charge on any atom is -0.473 e. The predicted molar refractivity (Wildman–Crippen MR) is 54.5 cm³/mol. The smallest absolute Gasteiger partial charge is 0.419 e. The maximum Gasteiger partial charge on any atom is 0.419 e. The minimum atomic E-state index is -1.63. The zero-order chi connectivity index (χ0) is 12.6. The van der Waals surface area contributed by atoms with E-state index in [9.17, 15) is 14.7 Å². The Balaban J connectivity index is 2.83. The molecular weight excluding hydrogens is 214 g/mol. The summed E-state index contributed by atoms with van der Waals surface area (Å²) in [5.74, 6) is -3.29. The second-order valence-electron chi connectivity index (χ2n) is 4.72. The highest BCUT2D eigenvalue weighted by atomic mass is 16.6. The lowest BCUT2D eigenvalue weighted by Crippen LogP contribution is -2.53. The van der Waals surface area contributed by atoms with E-state index >= 15 is 0 Å². The van der Waals surface area contributed by atoms with Gasteiger partial charge in [0.1, 0.15) is 0 Å². The van der Waals surface area contributed by atoms with Crippen molar-refractivity contribution >= 4 is 11.9 Å². The lowest BCUT2D eigenvalue weighted by atomic mass is 9.83. The molecule has 0 bridgehead atoms. The zero-order valence-corrected chi connectivity index (χ0v) is 9.61. The number of aliphatic hydroxyl groups is 1. The van der Waals surface area contributed by atoms with Gasteiger partial charge in [-0.15, -0.1) is 0 Å². The standard InChI is InChI=1S/C10H17NO5/c1-9(2,15)6-4-5-11-10(6,3)16-8(14)7(12)13/h6,11,15H,4-5H2,1-3H3,(H,12,13)/t6-,10-/m1/s1. The van der Waals surface area contributed by atoms with Gasteiger partial charge in [0, 0.05) is 5.92 Å². The van der Waals surface area contributed by atoms with Crippen molar-refractivity contribution in [3.63, 3.8) is 0 Å². The Morgan fingerprint density at radius 3 is 2.50 bits per heavy atom. The van der Waals surface area contributed by atoms with E-state index in [1.807, 2.05) is 0 Å². The number of carboxylic acid groups (broad SMARTS) is 1. The van der Waals surface area contributed by atoms with Crippen LogP contribution >= 0.6 is 0 Å². The number of aliphatic carboxylic acids is 1. The third-order valence-corrected chi connectivity index (χ3v) is 2.91. The average Bonchev–Trinajstić information content (AvgIpc) is 2.45. The molecule has 16 heavy (non-hydrogen) atoms. The van der Waals surface area contributed by atoms with E-state index in [1.54, 1.807) is 20.8 Å². The summed E-state index contributed by atoms with van der Waals surface area (Å²) in [6.07, 6.45) is 0.618. The van der Waals surface area contributed by atoms with E-state index in [0.29, 0.717) is 13.0 Å². The van der Waals surface area contributed by atoms with Crippen molar-refractivity contribution in [2.24, 2.45) is 5.92 Å². The number of carbonyl (C=O) groups is 2. The number of hydrogen-bond acceptors (Lipinski definition) is 5. The predicted octanol–water partition coefficient (Wildman–Crippen LogP) is -0.289. The highest BCUT2D eigenvalue weighted by Crippen LogP contribution is 2.36. The van der Waals surface area contributed by atoms with E-state index in [2.05, 4.69) is 5.32 Å². The van der Waals surface area contributed by atoms with Crippen molar-refractivity contribution in [1.29, 1.82) is 0 Å². The molecule has 1 aliphatic heterocycles. The van der Waals surface area contributed by atoms with E-state index in [1.165, 1.54) is 0 Å². The molecule has 1 saturated heterocycles. The molecule has 1 rings (SSSR count). The Morgan fingerprint density at radius 2 is 2.06 bits per heavy atom. The van der Waals surface area contributed by atoms with Crippen LogP contribution in [0.5, 0.6) is 0 Å². The van der Waals surface area contributed by atoms with E-state index < -0.39 is 23.3 Å². The van der Waals surface area contributed by atoms with Gasteiger partial charge in [-0.05, 0) is 33.7 Å². The molecule has 0 spiro atoms. The number of nitrogens with one attached hydrogen (secondary N) is 1. The van der Waals surface area contributed by atoms with Gasteiger partial charge in [-0.3, -0.25) is 5.32 Å². The fraction of sp³-hybridized carbons (Fsp3) is 0.800. The number of ether oxygens (including phenoxy) is 1. The van der Waals surface area contributed by atoms with Gasteiger partial charge in [0.2, 0.25) is 0 Å². The van der Waals surface area contributed by atoms with Gasteiger partial charge in [0.05, 0.1) is 5.60 Å². The summed E-state index contributed by atoms with van der Waals surface area (Å²) in [5, 5.41) is 21.3. The first-order valence-corrected chi connectivity index (χ1v) is 5.10. The molecule has 0 saturated carbocycles. The van der Waals surface area contributed by atoms with E-state index in [0.717, 1.165) is 0 Å². The number of esters is 1. The summed E-state index contributed by atoms with van der Waals surface area (Å²) >= 11 is 0. The molecule has 2 atom stereocenters. The van der Waals surface area contributed by atoms with Crippen LogP contribution in [-0.4, -0.2) is 40.0 Å². The summed E-state index contributed by atoms with van der Waals surface area (Å²) in [5.41, 5.74) is -2.18. The quantitative estimate of drug-likeness (QED) is 0.446. The molecular formula is C10H17NO5. The fourth-order valence-electron chi connectivity index (χ4n) is 2.23. The molecule has 0 radical (unpaired) electrons. The number of carbonyl (C=O) groups excluding carboxylic acids is 1. The molecule has 92 valence electrons. The Hall–Kier alpha value is -1.14. The fourth-order valence-corrected chi connectivity index (χ4v) is 2.23. The SMILES string of the molecule is CC(C)(O)[C@H]1CCN[C@]1(C)OC(=O)C(=O)O. The molecule has 0 aromatic rings. The van der Waals surface area contributed by atoms with Crippen molar-refractivity contribution in [2.45, 2.75) is 38.5 Å². The largest absolute Gasteiger partial charge is 0.473 e. The Labute approximate surface area is 93.6 Å². The minimum absolute atomic E-state index is 0.344. The maximum atomic E-state index is 11.0. The lowest BCUT2D eigenvalue weighted by molar-refractivity contribution is -0.184. The first-order chi connectivity index (χ1) is 7.17. The van der Waals surface area contributed by atoms with Crippen LogP contribution in [0.2, 0.25) is 0 Å². The van der Waals surface area contributed by atoms with Crippen LogP contribution in [0.3, 0.4) is 0 Å². The maximum absolute atomic E-state index is 11.0. The van der Waals surface area contributed by atoms with Crippen molar-refractivity contribution < 1.29 is 24.5 Å². The van der Waals surface area contributed by atoms with E-state index in [4.69, 9.17) is 9.84 Å². The number of rotatable bonds is 2. The highest BCUT2D eigenvalue weighted by Gasteiger charge is 2.49. The van der Waals surface area contributed by atoms with Gasteiger partial charge in [-0.1, -0.05) is 0 Å². The molecule has 6 nitrogen and oxygen atoms in total. The van der Waals surface area contributed by atoms with Gasteiger partial charge in [-0.2, -0.15) is 0 Å².